The Labute approximate surface area is 102 Å². The smallest absolute Gasteiger partial charge is 0.318 e. The molecule has 0 radical (unpaired) electrons. The molecule has 1 saturated carbocycles. The lowest BCUT2D eigenvalue weighted by Gasteiger charge is -2.37. The Morgan fingerprint density at radius 1 is 1.29 bits per heavy atom. The average Bonchev–Trinajstić information content (AvgIpc) is 2.97. The molecule has 3 aliphatic rings. The Balaban J connectivity index is 1.59. The van der Waals surface area contributed by atoms with Gasteiger partial charge in [0.05, 0.1) is 18.8 Å². The van der Waals surface area contributed by atoms with Crippen molar-refractivity contribution in [2.75, 3.05) is 26.2 Å². The predicted molar refractivity (Wildman–Crippen MR) is 63.9 cm³/mol. The quantitative estimate of drug-likeness (QED) is 0.692. The van der Waals surface area contributed by atoms with E-state index >= 15 is 0 Å². The normalized spacial score (nSPS) is 33.8. The van der Waals surface area contributed by atoms with Crippen molar-refractivity contribution in [2.45, 2.75) is 43.9 Å². The van der Waals surface area contributed by atoms with Crippen molar-refractivity contribution in [3.8, 4) is 0 Å². The van der Waals surface area contributed by atoms with Crippen LogP contribution in [0.1, 0.15) is 25.7 Å². The molecule has 96 valence electrons. The van der Waals surface area contributed by atoms with Crippen molar-refractivity contribution in [1.29, 1.82) is 0 Å². The summed E-state index contributed by atoms with van der Waals surface area (Å²) in [4.78, 5) is 14.2. The number of rotatable bonds is 1. The van der Waals surface area contributed by atoms with Gasteiger partial charge in [0.25, 0.3) is 0 Å². The lowest BCUT2D eigenvalue weighted by molar-refractivity contribution is -0.0297. The minimum Gasteiger partial charge on any atom is -0.373 e. The van der Waals surface area contributed by atoms with E-state index in [1.165, 1.54) is 12.8 Å². The monoisotopic (exact) mass is 239 g/mol. The number of nitrogens with one attached hydrogen (secondary N) is 2. The van der Waals surface area contributed by atoms with E-state index in [4.69, 9.17) is 4.74 Å². The SMILES string of the molecule is O=C(NC1CCCC1)N1CCO[C@@H]2CNC[C@@H]21. The molecule has 0 bridgehead atoms. The minimum absolute atomic E-state index is 0.110. The van der Waals surface area contributed by atoms with Crippen LogP contribution in [-0.4, -0.2) is 55.4 Å². The number of ether oxygens (including phenoxy) is 1. The van der Waals surface area contributed by atoms with Crippen LogP contribution in [0.4, 0.5) is 4.79 Å². The summed E-state index contributed by atoms with van der Waals surface area (Å²) in [6, 6.07) is 0.738. The Morgan fingerprint density at radius 2 is 2.12 bits per heavy atom. The van der Waals surface area contributed by atoms with Crippen molar-refractivity contribution in [2.24, 2.45) is 0 Å². The van der Waals surface area contributed by atoms with Gasteiger partial charge < -0.3 is 20.3 Å². The van der Waals surface area contributed by atoms with Crippen molar-refractivity contribution in [3.05, 3.63) is 0 Å². The van der Waals surface area contributed by atoms with Gasteiger partial charge in [-0.25, -0.2) is 4.79 Å². The van der Waals surface area contributed by atoms with Gasteiger partial charge in [-0.15, -0.1) is 0 Å². The molecule has 5 heteroatoms. The third kappa shape index (κ3) is 2.26. The Morgan fingerprint density at radius 3 is 2.94 bits per heavy atom. The van der Waals surface area contributed by atoms with Crippen molar-refractivity contribution < 1.29 is 9.53 Å². The molecule has 2 saturated heterocycles. The summed E-state index contributed by atoms with van der Waals surface area (Å²) < 4.78 is 5.67. The van der Waals surface area contributed by atoms with E-state index in [0.29, 0.717) is 12.6 Å². The summed E-state index contributed by atoms with van der Waals surface area (Å²) in [5.74, 6) is 0. The fourth-order valence-electron chi connectivity index (χ4n) is 3.17. The maximum atomic E-state index is 12.2. The number of amides is 2. The second kappa shape index (κ2) is 4.82. The third-order valence-corrected chi connectivity index (χ3v) is 4.14. The van der Waals surface area contributed by atoms with Gasteiger partial charge in [0.1, 0.15) is 0 Å². The summed E-state index contributed by atoms with van der Waals surface area (Å²) in [5, 5.41) is 6.46. The Kier molecular flexibility index (Phi) is 3.20. The highest BCUT2D eigenvalue weighted by Gasteiger charge is 2.38. The van der Waals surface area contributed by atoms with Crippen LogP contribution >= 0.6 is 0 Å². The molecule has 17 heavy (non-hydrogen) atoms. The molecule has 0 unspecified atom stereocenters. The van der Waals surface area contributed by atoms with E-state index < -0.39 is 0 Å². The number of carbonyl (C=O) groups is 1. The molecule has 2 heterocycles. The first-order chi connectivity index (χ1) is 8.34. The van der Waals surface area contributed by atoms with E-state index in [1.54, 1.807) is 0 Å². The van der Waals surface area contributed by atoms with Crippen LogP contribution < -0.4 is 10.6 Å². The standard InChI is InChI=1S/C12H21N3O2/c16-12(14-9-3-1-2-4-9)15-5-6-17-11-8-13-7-10(11)15/h9-11,13H,1-8H2,(H,14,16)/t10-,11+/m0/s1. The third-order valence-electron chi connectivity index (χ3n) is 4.14. The van der Waals surface area contributed by atoms with Gasteiger partial charge in [0.2, 0.25) is 0 Å². The zero-order valence-electron chi connectivity index (χ0n) is 10.2. The molecule has 0 spiro atoms. The fourth-order valence-corrected chi connectivity index (χ4v) is 3.17. The molecule has 2 aliphatic heterocycles. The molecule has 1 aliphatic carbocycles. The largest absolute Gasteiger partial charge is 0.373 e. The predicted octanol–water partition coefficient (Wildman–Crippen LogP) is 0.311. The molecule has 5 nitrogen and oxygen atoms in total. The minimum atomic E-state index is 0.110. The lowest BCUT2D eigenvalue weighted by Crippen LogP contribution is -2.57. The fraction of sp³-hybridized carbons (Fsp3) is 0.917. The van der Waals surface area contributed by atoms with Crippen molar-refractivity contribution in [1.82, 2.24) is 15.5 Å². The van der Waals surface area contributed by atoms with Crippen LogP contribution in [-0.2, 0) is 4.74 Å². The van der Waals surface area contributed by atoms with Crippen LogP contribution in [0.3, 0.4) is 0 Å². The number of hydrogen-bond acceptors (Lipinski definition) is 3. The van der Waals surface area contributed by atoms with Crippen LogP contribution in [0.15, 0.2) is 0 Å². The van der Waals surface area contributed by atoms with Crippen molar-refractivity contribution >= 4 is 6.03 Å². The Bertz CT molecular complexity index is 291. The van der Waals surface area contributed by atoms with Crippen LogP contribution in [0.5, 0.6) is 0 Å². The van der Waals surface area contributed by atoms with Crippen LogP contribution in [0.2, 0.25) is 0 Å². The maximum Gasteiger partial charge on any atom is 0.318 e. The van der Waals surface area contributed by atoms with E-state index in [1.807, 2.05) is 4.90 Å². The number of hydrogen-bond donors (Lipinski definition) is 2. The van der Waals surface area contributed by atoms with E-state index in [9.17, 15) is 4.79 Å². The number of urea groups is 1. The number of morpholine rings is 1. The molecule has 2 atom stereocenters. The topological polar surface area (TPSA) is 53.6 Å². The zero-order valence-corrected chi connectivity index (χ0v) is 10.2. The molecule has 2 N–H and O–H groups in total. The second-order valence-corrected chi connectivity index (χ2v) is 5.26. The summed E-state index contributed by atoms with van der Waals surface area (Å²) >= 11 is 0. The highest BCUT2D eigenvalue weighted by molar-refractivity contribution is 5.75. The first kappa shape index (κ1) is 11.3. The van der Waals surface area contributed by atoms with E-state index in [0.717, 1.165) is 32.5 Å². The van der Waals surface area contributed by atoms with Crippen LogP contribution in [0, 0.1) is 0 Å². The van der Waals surface area contributed by atoms with Crippen molar-refractivity contribution in [3.63, 3.8) is 0 Å². The van der Waals surface area contributed by atoms with E-state index in [2.05, 4.69) is 10.6 Å². The first-order valence-electron chi connectivity index (χ1n) is 6.74. The maximum absolute atomic E-state index is 12.2. The molecule has 0 aromatic carbocycles. The summed E-state index contributed by atoms with van der Waals surface area (Å²) in [7, 11) is 0. The molecular weight excluding hydrogens is 218 g/mol. The molecule has 3 rings (SSSR count). The second-order valence-electron chi connectivity index (χ2n) is 5.26. The van der Waals surface area contributed by atoms with E-state index in [-0.39, 0.29) is 18.2 Å². The summed E-state index contributed by atoms with van der Waals surface area (Å²) in [6.07, 6.45) is 4.98. The highest BCUT2D eigenvalue weighted by Crippen LogP contribution is 2.20. The van der Waals surface area contributed by atoms with Gasteiger partial charge in [0.15, 0.2) is 0 Å². The zero-order chi connectivity index (χ0) is 11.7. The van der Waals surface area contributed by atoms with Gasteiger partial charge >= 0.3 is 6.03 Å². The number of nitrogens with zero attached hydrogens (tertiary/aromatic N) is 1. The molecular formula is C12H21N3O2. The van der Waals surface area contributed by atoms with Gasteiger partial charge in [-0.05, 0) is 12.8 Å². The van der Waals surface area contributed by atoms with Gasteiger partial charge in [-0.2, -0.15) is 0 Å². The average molecular weight is 239 g/mol. The van der Waals surface area contributed by atoms with Gasteiger partial charge in [0, 0.05) is 25.7 Å². The number of carbonyl (C=O) groups excluding carboxylic acids is 1. The molecule has 0 aromatic rings. The van der Waals surface area contributed by atoms with Crippen LogP contribution in [0.25, 0.3) is 0 Å². The first-order valence-corrected chi connectivity index (χ1v) is 6.74. The summed E-state index contributed by atoms with van der Waals surface area (Å²) in [6.45, 7) is 3.13. The molecule has 2 amide bonds. The van der Waals surface area contributed by atoms with Gasteiger partial charge in [-0.1, -0.05) is 12.8 Å². The molecule has 3 fully saturated rings. The highest BCUT2D eigenvalue weighted by atomic mass is 16.5. The van der Waals surface area contributed by atoms with Gasteiger partial charge in [-0.3, -0.25) is 0 Å². The lowest BCUT2D eigenvalue weighted by atomic mass is 10.1. The molecule has 0 aromatic heterocycles. The summed E-state index contributed by atoms with van der Waals surface area (Å²) in [5.41, 5.74) is 0. The Hall–Kier alpha value is -0.810. The number of fused-ring (bicyclic) bond motifs is 1.